The van der Waals surface area contributed by atoms with Crippen LogP contribution in [0.1, 0.15) is 37.2 Å². The largest absolute Gasteiger partial charge is 0.387 e. The normalized spacial score (nSPS) is 15.7. The molecule has 5 N–H and O–H groups in total. The molecule has 0 saturated carbocycles. The summed E-state index contributed by atoms with van der Waals surface area (Å²) in [5.74, 6) is 0. The van der Waals surface area contributed by atoms with Gasteiger partial charge in [-0.05, 0) is 32.0 Å². The van der Waals surface area contributed by atoms with E-state index in [1.54, 1.807) is 6.92 Å². The van der Waals surface area contributed by atoms with Crippen LogP contribution in [0, 0.1) is 0 Å². The molecule has 2 aromatic carbocycles. The first kappa shape index (κ1) is 19.3. The number of hydrogen-bond donors (Lipinski definition) is 4. The number of aliphatic hydroxyl groups is 2. The Kier molecular flexibility index (Phi) is 8.51. The molecule has 4 nitrogen and oxygen atoms in total. The monoisotopic (exact) mass is 316 g/mol. The minimum atomic E-state index is -0.545. The molecule has 0 saturated heterocycles. The van der Waals surface area contributed by atoms with Crippen LogP contribution >= 0.6 is 0 Å². The maximum atomic E-state index is 9.73. The van der Waals surface area contributed by atoms with E-state index in [-0.39, 0.29) is 12.1 Å². The molecule has 0 aliphatic heterocycles. The zero-order valence-corrected chi connectivity index (χ0v) is 14.1. The van der Waals surface area contributed by atoms with Gasteiger partial charge in [0.2, 0.25) is 0 Å². The third-order valence-corrected chi connectivity index (χ3v) is 3.71. The highest BCUT2D eigenvalue weighted by Crippen LogP contribution is 2.15. The zero-order chi connectivity index (χ0) is 17.2. The highest BCUT2D eigenvalue weighted by atomic mass is 16.3. The lowest BCUT2D eigenvalue weighted by Crippen LogP contribution is -2.28. The van der Waals surface area contributed by atoms with Crippen molar-refractivity contribution in [3.8, 4) is 0 Å². The first-order valence-electron chi connectivity index (χ1n) is 7.86. The van der Waals surface area contributed by atoms with E-state index in [2.05, 4.69) is 5.32 Å². The third kappa shape index (κ3) is 6.50. The topological polar surface area (TPSA) is 78.5 Å². The van der Waals surface area contributed by atoms with Crippen LogP contribution in [0.3, 0.4) is 0 Å². The molecule has 4 heteroatoms. The fourth-order valence-electron chi connectivity index (χ4n) is 2.05. The van der Waals surface area contributed by atoms with E-state index in [4.69, 9.17) is 5.73 Å². The zero-order valence-electron chi connectivity index (χ0n) is 14.1. The van der Waals surface area contributed by atoms with Gasteiger partial charge in [0.05, 0.1) is 12.2 Å². The minimum absolute atomic E-state index is 0.0902. The van der Waals surface area contributed by atoms with Gasteiger partial charge in [0.25, 0.3) is 0 Å². The standard InChI is InChI=1S/C10H15NO.C9H13NO/c1-8(11-2)10(12)9-6-4-3-5-7-9;1-7(10)9(11)8-5-3-2-4-6-8/h3-8,10-12H,1-2H3;2-7,9,11H,10H2,1H3/t8-,10+;7-,9-/m01/s1. The smallest absolute Gasteiger partial charge is 0.0940 e. The van der Waals surface area contributed by atoms with E-state index >= 15 is 0 Å². The highest BCUT2D eigenvalue weighted by molar-refractivity contribution is 5.19. The lowest BCUT2D eigenvalue weighted by molar-refractivity contribution is 0.140. The van der Waals surface area contributed by atoms with Gasteiger partial charge in [-0.1, -0.05) is 60.7 Å². The fraction of sp³-hybridized carbons (Fsp3) is 0.368. The average molecular weight is 316 g/mol. The Morgan fingerprint density at radius 1 is 0.783 bits per heavy atom. The van der Waals surface area contributed by atoms with E-state index in [9.17, 15) is 10.2 Å². The summed E-state index contributed by atoms with van der Waals surface area (Å²) in [7, 11) is 1.84. The Morgan fingerprint density at radius 2 is 1.17 bits per heavy atom. The van der Waals surface area contributed by atoms with Crippen molar-refractivity contribution in [2.24, 2.45) is 5.73 Å². The van der Waals surface area contributed by atoms with E-state index in [0.29, 0.717) is 0 Å². The maximum Gasteiger partial charge on any atom is 0.0940 e. The lowest BCUT2D eigenvalue weighted by atomic mass is 10.0. The number of hydrogen-bond acceptors (Lipinski definition) is 4. The Balaban J connectivity index is 0.000000231. The summed E-state index contributed by atoms with van der Waals surface area (Å²) < 4.78 is 0. The molecule has 0 amide bonds. The second-order valence-corrected chi connectivity index (χ2v) is 5.65. The van der Waals surface area contributed by atoms with Crippen LogP contribution in [0.5, 0.6) is 0 Å². The first-order chi connectivity index (χ1) is 11.0. The average Bonchev–Trinajstić information content (AvgIpc) is 2.61. The number of aliphatic hydroxyl groups excluding tert-OH is 2. The summed E-state index contributed by atoms with van der Waals surface area (Å²) in [5.41, 5.74) is 7.35. The van der Waals surface area contributed by atoms with Gasteiger partial charge >= 0.3 is 0 Å². The molecule has 0 aromatic heterocycles. The van der Waals surface area contributed by atoms with Gasteiger partial charge < -0.3 is 21.3 Å². The maximum absolute atomic E-state index is 9.73. The number of rotatable bonds is 5. The van der Waals surface area contributed by atoms with Crippen LogP contribution in [0.15, 0.2) is 60.7 Å². The predicted octanol–water partition coefficient (Wildman–Crippen LogP) is 2.40. The van der Waals surface area contributed by atoms with Gasteiger partial charge in [0, 0.05) is 12.1 Å². The van der Waals surface area contributed by atoms with Crippen LogP contribution < -0.4 is 11.1 Å². The molecule has 0 fully saturated rings. The van der Waals surface area contributed by atoms with Crippen molar-refractivity contribution in [2.75, 3.05) is 7.05 Å². The molecular formula is C19H28N2O2. The third-order valence-electron chi connectivity index (χ3n) is 3.71. The molecule has 0 radical (unpaired) electrons. The minimum Gasteiger partial charge on any atom is -0.387 e. The molecule has 0 bridgehead atoms. The molecule has 0 heterocycles. The van der Waals surface area contributed by atoms with Crippen molar-refractivity contribution >= 4 is 0 Å². The van der Waals surface area contributed by atoms with Crippen LogP contribution in [-0.4, -0.2) is 29.3 Å². The van der Waals surface area contributed by atoms with Crippen molar-refractivity contribution in [2.45, 2.75) is 38.1 Å². The van der Waals surface area contributed by atoms with Crippen molar-refractivity contribution in [1.82, 2.24) is 5.32 Å². The quantitative estimate of drug-likeness (QED) is 0.683. The summed E-state index contributed by atoms with van der Waals surface area (Å²) in [6.45, 7) is 3.75. The second-order valence-electron chi connectivity index (χ2n) is 5.65. The molecule has 0 spiro atoms. The SMILES string of the molecule is CN[C@@H](C)[C@@H](O)c1ccccc1.C[C@@H](N)[C@@H](O)c1ccccc1. The molecule has 2 rings (SSSR count). The van der Waals surface area contributed by atoms with E-state index in [1.165, 1.54) is 0 Å². The van der Waals surface area contributed by atoms with Gasteiger partial charge in [-0.25, -0.2) is 0 Å². The number of nitrogens with one attached hydrogen (secondary N) is 1. The van der Waals surface area contributed by atoms with Gasteiger partial charge in [0.15, 0.2) is 0 Å². The van der Waals surface area contributed by atoms with Gasteiger partial charge in [-0.15, -0.1) is 0 Å². The predicted molar refractivity (Wildman–Crippen MR) is 95.0 cm³/mol. The fourth-order valence-corrected chi connectivity index (χ4v) is 2.05. The lowest BCUT2D eigenvalue weighted by Gasteiger charge is -2.17. The molecule has 23 heavy (non-hydrogen) atoms. The summed E-state index contributed by atoms with van der Waals surface area (Å²) in [6, 6.07) is 19.0. The number of nitrogens with two attached hydrogens (primary N) is 1. The van der Waals surface area contributed by atoms with Crippen LogP contribution in [-0.2, 0) is 0 Å². The molecule has 0 aliphatic rings. The van der Waals surface area contributed by atoms with Crippen molar-refractivity contribution in [3.05, 3.63) is 71.8 Å². The molecule has 0 aliphatic carbocycles. The van der Waals surface area contributed by atoms with E-state index < -0.39 is 12.2 Å². The summed E-state index contributed by atoms with van der Waals surface area (Å²) in [5, 5.41) is 22.2. The van der Waals surface area contributed by atoms with Crippen LogP contribution in [0.2, 0.25) is 0 Å². The van der Waals surface area contributed by atoms with Crippen molar-refractivity contribution < 1.29 is 10.2 Å². The molecule has 0 unspecified atom stereocenters. The van der Waals surface area contributed by atoms with Crippen LogP contribution in [0.25, 0.3) is 0 Å². The Labute approximate surface area is 139 Å². The van der Waals surface area contributed by atoms with Gasteiger partial charge in [0.1, 0.15) is 0 Å². The summed E-state index contributed by atoms with van der Waals surface area (Å²) in [4.78, 5) is 0. The Morgan fingerprint density at radius 3 is 1.52 bits per heavy atom. The number of benzene rings is 2. The Hall–Kier alpha value is -1.72. The second kappa shape index (κ2) is 10.1. The first-order valence-corrected chi connectivity index (χ1v) is 7.86. The molecule has 126 valence electrons. The van der Waals surface area contributed by atoms with E-state index in [0.717, 1.165) is 11.1 Å². The molecule has 2 aromatic rings. The van der Waals surface area contributed by atoms with Crippen molar-refractivity contribution in [1.29, 1.82) is 0 Å². The van der Waals surface area contributed by atoms with Crippen molar-refractivity contribution in [3.63, 3.8) is 0 Å². The number of likely N-dealkylation sites (N-methyl/N-ethyl adjacent to an activating group) is 1. The molecular weight excluding hydrogens is 288 g/mol. The van der Waals surface area contributed by atoms with Gasteiger partial charge in [-0.3, -0.25) is 0 Å². The summed E-state index contributed by atoms with van der Waals surface area (Å²) >= 11 is 0. The summed E-state index contributed by atoms with van der Waals surface area (Å²) in [6.07, 6.45) is -0.965. The van der Waals surface area contributed by atoms with E-state index in [1.807, 2.05) is 74.6 Å². The highest BCUT2D eigenvalue weighted by Gasteiger charge is 2.13. The van der Waals surface area contributed by atoms with Crippen LogP contribution in [0.4, 0.5) is 0 Å². The Bertz CT molecular complexity index is 532. The van der Waals surface area contributed by atoms with Gasteiger partial charge in [-0.2, -0.15) is 0 Å². The molecule has 4 atom stereocenters.